The molecule has 0 amide bonds. The Kier molecular flexibility index (Phi) is 4.35. The van der Waals surface area contributed by atoms with Crippen LogP contribution in [0.4, 0.5) is 0 Å². The molecule has 1 aliphatic rings. The van der Waals surface area contributed by atoms with Crippen LogP contribution in [0.2, 0.25) is 0 Å². The number of carboxylic acid groups (broad SMARTS) is 2. The van der Waals surface area contributed by atoms with E-state index in [0.717, 1.165) is 0 Å². The zero-order chi connectivity index (χ0) is 18.3. The molecule has 1 saturated heterocycles. The first-order chi connectivity index (χ1) is 11.8. The number of ether oxygens (including phenoxy) is 2. The predicted molar refractivity (Wildman–Crippen MR) is 80.2 cm³/mol. The molecule has 0 saturated carbocycles. The number of aromatic amines is 1. The van der Waals surface area contributed by atoms with E-state index in [2.05, 4.69) is 4.98 Å². The number of aromatic nitrogens is 1. The second kappa shape index (κ2) is 6.33. The highest BCUT2D eigenvalue weighted by Crippen LogP contribution is 2.31. The Bertz CT molecular complexity index is 816. The zero-order valence-corrected chi connectivity index (χ0v) is 12.6. The van der Waals surface area contributed by atoms with Gasteiger partial charge in [-0.1, -0.05) is 18.2 Å². The number of para-hydroxylation sites is 1. The quantitative estimate of drug-likeness (QED) is 0.409. The number of rotatable bonds is 4. The van der Waals surface area contributed by atoms with Crippen molar-refractivity contribution in [3.8, 4) is 5.88 Å². The fourth-order valence-electron chi connectivity index (χ4n) is 2.68. The van der Waals surface area contributed by atoms with E-state index in [0.29, 0.717) is 10.9 Å². The summed E-state index contributed by atoms with van der Waals surface area (Å²) >= 11 is 0. The van der Waals surface area contributed by atoms with Crippen LogP contribution in [0.15, 0.2) is 24.3 Å². The minimum atomic E-state index is -1.87. The van der Waals surface area contributed by atoms with Gasteiger partial charge in [-0.05, 0) is 6.07 Å². The van der Waals surface area contributed by atoms with Crippen molar-refractivity contribution in [1.29, 1.82) is 0 Å². The van der Waals surface area contributed by atoms with E-state index < -0.39 is 42.6 Å². The molecule has 1 aromatic carbocycles. The number of fused-ring (bicyclic) bond motifs is 1. The molecule has 10 heteroatoms. The van der Waals surface area contributed by atoms with Gasteiger partial charge in [0.15, 0.2) is 6.10 Å². The molecule has 1 aliphatic heterocycles. The number of aliphatic hydroxyl groups excluding tert-OH is 3. The third kappa shape index (κ3) is 2.91. The molecule has 6 N–H and O–H groups in total. The third-order valence-corrected chi connectivity index (χ3v) is 3.93. The fraction of sp³-hybridized carbons (Fsp3) is 0.333. The molecule has 5 atom stereocenters. The van der Waals surface area contributed by atoms with Crippen LogP contribution in [0.5, 0.6) is 5.88 Å². The van der Waals surface area contributed by atoms with Gasteiger partial charge in [-0.3, -0.25) is 0 Å². The van der Waals surface area contributed by atoms with Gasteiger partial charge in [0.1, 0.15) is 23.9 Å². The molecule has 134 valence electrons. The average molecular weight is 353 g/mol. The predicted octanol–water partition coefficient (Wildman–Crippen LogP) is -0.863. The van der Waals surface area contributed by atoms with E-state index in [1.54, 1.807) is 24.3 Å². The molecule has 0 aliphatic carbocycles. The monoisotopic (exact) mass is 353 g/mol. The maximum atomic E-state index is 11.5. The zero-order valence-electron chi connectivity index (χ0n) is 12.6. The molecular weight excluding hydrogens is 338 g/mol. The van der Waals surface area contributed by atoms with Gasteiger partial charge in [0.2, 0.25) is 12.2 Å². The maximum Gasteiger partial charge on any atom is 0.341 e. The van der Waals surface area contributed by atoms with Crippen molar-refractivity contribution in [3.05, 3.63) is 29.8 Å². The summed E-state index contributed by atoms with van der Waals surface area (Å²) in [6.45, 7) is 0. The number of carboxylic acids is 2. The highest BCUT2D eigenvalue weighted by molar-refractivity contribution is 6.05. The summed E-state index contributed by atoms with van der Waals surface area (Å²) in [4.78, 5) is 25.3. The number of aromatic carboxylic acids is 1. The largest absolute Gasteiger partial charge is 0.479 e. The van der Waals surface area contributed by atoms with Crippen LogP contribution in [0.3, 0.4) is 0 Å². The normalized spacial score (nSPS) is 29.5. The fourth-order valence-corrected chi connectivity index (χ4v) is 2.68. The lowest BCUT2D eigenvalue weighted by Gasteiger charge is -2.38. The van der Waals surface area contributed by atoms with Crippen LogP contribution in [-0.2, 0) is 9.53 Å². The van der Waals surface area contributed by atoms with Crippen LogP contribution >= 0.6 is 0 Å². The van der Waals surface area contributed by atoms with Crippen molar-refractivity contribution >= 4 is 22.8 Å². The summed E-state index contributed by atoms with van der Waals surface area (Å²) < 4.78 is 10.3. The molecule has 0 spiro atoms. The van der Waals surface area contributed by atoms with Gasteiger partial charge in [-0.15, -0.1) is 0 Å². The van der Waals surface area contributed by atoms with E-state index in [1.807, 2.05) is 0 Å². The van der Waals surface area contributed by atoms with Gasteiger partial charge in [0.05, 0.1) is 0 Å². The van der Waals surface area contributed by atoms with Gasteiger partial charge < -0.3 is 40.0 Å². The van der Waals surface area contributed by atoms with Crippen molar-refractivity contribution in [3.63, 3.8) is 0 Å². The number of hydrogen-bond acceptors (Lipinski definition) is 7. The number of hydrogen-bond donors (Lipinski definition) is 6. The molecule has 2 aromatic rings. The summed E-state index contributed by atoms with van der Waals surface area (Å²) in [5.41, 5.74) is 0.203. The van der Waals surface area contributed by atoms with Crippen molar-refractivity contribution in [1.82, 2.24) is 4.98 Å². The van der Waals surface area contributed by atoms with Crippen LogP contribution in [-0.4, -0.2) is 73.2 Å². The van der Waals surface area contributed by atoms with E-state index in [-0.39, 0.29) is 11.4 Å². The Morgan fingerprint density at radius 2 is 1.72 bits per heavy atom. The van der Waals surface area contributed by atoms with Gasteiger partial charge in [-0.25, -0.2) is 9.59 Å². The van der Waals surface area contributed by atoms with Crippen LogP contribution in [0.1, 0.15) is 10.4 Å². The lowest BCUT2D eigenvalue weighted by atomic mass is 9.99. The second-order valence-corrected chi connectivity index (χ2v) is 5.53. The minimum Gasteiger partial charge on any atom is -0.479 e. The summed E-state index contributed by atoms with van der Waals surface area (Å²) in [6.07, 6.45) is -9.06. The number of aliphatic hydroxyl groups is 3. The number of aliphatic carboxylic acids is 1. The summed E-state index contributed by atoms with van der Waals surface area (Å²) in [6, 6.07) is 6.43. The Morgan fingerprint density at radius 3 is 2.36 bits per heavy atom. The summed E-state index contributed by atoms with van der Waals surface area (Å²) in [5, 5.41) is 48.1. The highest BCUT2D eigenvalue weighted by Gasteiger charge is 2.48. The summed E-state index contributed by atoms with van der Waals surface area (Å²) in [7, 11) is 0. The number of benzene rings is 1. The number of carbonyl (C=O) groups is 2. The standard InChI is InChI=1S/C15H15NO9/c17-8-9(18)11(14(22)23)24-15(10(8)19)25-12-7(13(20)21)5-3-1-2-4-6(5)16-12/h1-4,8-11,15-19H,(H,20,21)(H,22,23)/t8-,9-,10+,11-,15?/m0/s1. The van der Waals surface area contributed by atoms with Crippen molar-refractivity contribution in [2.45, 2.75) is 30.7 Å². The van der Waals surface area contributed by atoms with Gasteiger partial charge >= 0.3 is 11.9 Å². The van der Waals surface area contributed by atoms with Crippen LogP contribution in [0, 0.1) is 0 Å². The van der Waals surface area contributed by atoms with Crippen LogP contribution in [0.25, 0.3) is 10.9 Å². The molecule has 0 bridgehead atoms. The van der Waals surface area contributed by atoms with E-state index in [9.17, 15) is 30.0 Å². The van der Waals surface area contributed by atoms with E-state index in [4.69, 9.17) is 14.6 Å². The maximum absolute atomic E-state index is 11.5. The van der Waals surface area contributed by atoms with Crippen molar-refractivity contribution < 1.29 is 44.6 Å². The molecular formula is C15H15NO9. The third-order valence-electron chi connectivity index (χ3n) is 3.93. The Morgan fingerprint density at radius 1 is 1.04 bits per heavy atom. The van der Waals surface area contributed by atoms with E-state index in [1.165, 1.54) is 0 Å². The first-order valence-electron chi connectivity index (χ1n) is 7.24. The Hall–Kier alpha value is -2.66. The SMILES string of the molecule is O=C(O)c1c(OC2O[C@H](C(=O)O)[C@@H](O)[C@H](O)[C@H]2O)[nH]c2ccccc12. The second-order valence-electron chi connectivity index (χ2n) is 5.53. The van der Waals surface area contributed by atoms with E-state index >= 15 is 0 Å². The number of H-pyrrole nitrogens is 1. The van der Waals surface area contributed by atoms with Crippen molar-refractivity contribution in [2.75, 3.05) is 0 Å². The van der Waals surface area contributed by atoms with Crippen LogP contribution < -0.4 is 4.74 Å². The highest BCUT2D eigenvalue weighted by atomic mass is 16.7. The first kappa shape index (κ1) is 17.2. The van der Waals surface area contributed by atoms with Gasteiger partial charge in [0.25, 0.3) is 0 Å². The molecule has 1 aromatic heterocycles. The number of nitrogens with one attached hydrogen (secondary N) is 1. The molecule has 2 heterocycles. The molecule has 0 radical (unpaired) electrons. The lowest BCUT2D eigenvalue weighted by molar-refractivity contribution is -0.271. The Labute approximate surface area is 139 Å². The molecule has 25 heavy (non-hydrogen) atoms. The minimum absolute atomic E-state index is 0.237. The molecule has 1 unspecified atom stereocenters. The first-order valence-corrected chi connectivity index (χ1v) is 7.24. The molecule has 1 fully saturated rings. The van der Waals surface area contributed by atoms with Gasteiger partial charge in [0, 0.05) is 10.9 Å². The lowest BCUT2D eigenvalue weighted by Crippen LogP contribution is -2.61. The van der Waals surface area contributed by atoms with Gasteiger partial charge in [-0.2, -0.15) is 0 Å². The molecule has 3 rings (SSSR count). The molecule has 10 nitrogen and oxygen atoms in total. The van der Waals surface area contributed by atoms with Crippen molar-refractivity contribution in [2.24, 2.45) is 0 Å². The topological polar surface area (TPSA) is 170 Å². The average Bonchev–Trinajstić information content (AvgIpc) is 2.93. The Balaban J connectivity index is 1.96. The smallest absolute Gasteiger partial charge is 0.341 e. The summed E-state index contributed by atoms with van der Waals surface area (Å²) in [5.74, 6) is -3.15.